The molecule has 0 bridgehead atoms. The third-order valence-electron chi connectivity index (χ3n) is 2.22. The van der Waals surface area contributed by atoms with E-state index in [0.717, 1.165) is 10.2 Å². The average Bonchev–Trinajstić information content (AvgIpc) is 2.27. The Kier molecular flexibility index (Phi) is 5.78. The van der Waals surface area contributed by atoms with E-state index in [2.05, 4.69) is 21.2 Å². The fraction of sp³-hybridized carbons (Fsp3) is 0.417. The average molecular weight is 321 g/mol. The Morgan fingerprint density at radius 3 is 2.88 bits per heavy atom. The van der Waals surface area contributed by atoms with Crippen LogP contribution in [0.25, 0.3) is 0 Å². The van der Waals surface area contributed by atoms with Crippen LogP contribution in [0.3, 0.4) is 0 Å². The van der Waals surface area contributed by atoms with Crippen LogP contribution in [0.15, 0.2) is 22.7 Å². The van der Waals surface area contributed by atoms with E-state index in [4.69, 9.17) is 16.3 Å². The van der Waals surface area contributed by atoms with Crippen molar-refractivity contribution in [2.45, 2.75) is 13.8 Å². The number of hydrogen-bond acceptors (Lipinski definition) is 3. The number of nitrogens with one attached hydrogen (secondary N) is 1. The molecular formula is C12H15BrClNO2. The first-order valence-corrected chi connectivity index (χ1v) is 6.57. The van der Waals surface area contributed by atoms with E-state index in [1.165, 1.54) is 0 Å². The summed E-state index contributed by atoms with van der Waals surface area (Å²) < 4.78 is 5.81. The normalized spacial score (nSPS) is 12.0. The highest BCUT2D eigenvalue weighted by atomic mass is 79.9. The second-order valence-corrected chi connectivity index (χ2v) is 4.95. The molecule has 0 spiro atoms. The predicted octanol–water partition coefficient (Wildman–Crippen LogP) is 3.71. The summed E-state index contributed by atoms with van der Waals surface area (Å²) in [5.74, 6) is -0.373. The molecule has 1 aromatic rings. The molecule has 0 aliphatic heterocycles. The topological polar surface area (TPSA) is 38.3 Å². The van der Waals surface area contributed by atoms with E-state index in [0.29, 0.717) is 18.2 Å². The third-order valence-corrected chi connectivity index (χ3v) is 3.11. The van der Waals surface area contributed by atoms with Crippen molar-refractivity contribution in [3.05, 3.63) is 27.7 Å². The smallest absolute Gasteiger partial charge is 0.310 e. The molecule has 1 unspecified atom stereocenters. The van der Waals surface area contributed by atoms with Crippen LogP contribution in [-0.2, 0) is 9.53 Å². The van der Waals surface area contributed by atoms with Gasteiger partial charge in [-0.25, -0.2) is 0 Å². The van der Waals surface area contributed by atoms with E-state index < -0.39 is 0 Å². The van der Waals surface area contributed by atoms with Gasteiger partial charge in [0.25, 0.3) is 0 Å². The number of benzene rings is 1. The number of halogens is 2. The second kappa shape index (κ2) is 6.87. The van der Waals surface area contributed by atoms with E-state index >= 15 is 0 Å². The molecule has 94 valence electrons. The highest BCUT2D eigenvalue weighted by molar-refractivity contribution is 9.10. The summed E-state index contributed by atoms with van der Waals surface area (Å²) in [6, 6.07) is 5.47. The van der Waals surface area contributed by atoms with Gasteiger partial charge in [0.1, 0.15) is 0 Å². The van der Waals surface area contributed by atoms with Crippen LogP contribution in [0, 0.1) is 5.92 Å². The largest absolute Gasteiger partial charge is 0.466 e. The third kappa shape index (κ3) is 4.56. The van der Waals surface area contributed by atoms with Gasteiger partial charge < -0.3 is 10.1 Å². The van der Waals surface area contributed by atoms with Crippen LogP contribution in [0.5, 0.6) is 0 Å². The van der Waals surface area contributed by atoms with Crippen LogP contribution in [0.4, 0.5) is 5.69 Å². The van der Waals surface area contributed by atoms with Crippen LogP contribution in [0.1, 0.15) is 13.8 Å². The Balaban J connectivity index is 2.52. The maximum Gasteiger partial charge on any atom is 0.310 e. The molecule has 1 aromatic carbocycles. The minimum atomic E-state index is -0.190. The number of carbonyl (C=O) groups is 1. The van der Waals surface area contributed by atoms with E-state index in [-0.39, 0.29) is 11.9 Å². The Hall–Kier alpha value is -0.740. The van der Waals surface area contributed by atoms with Gasteiger partial charge in [0.2, 0.25) is 0 Å². The molecule has 0 heterocycles. The lowest BCUT2D eigenvalue weighted by Crippen LogP contribution is -2.22. The second-order valence-electron chi connectivity index (χ2n) is 3.66. The maximum atomic E-state index is 11.4. The lowest BCUT2D eigenvalue weighted by Gasteiger charge is -2.13. The molecule has 0 saturated heterocycles. The number of hydrogen-bond donors (Lipinski definition) is 1. The summed E-state index contributed by atoms with van der Waals surface area (Å²) in [7, 11) is 0. The molecular weight excluding hydrogens is 305 g/mol. The summed E-state index contributed by atoms with van der Waals surface area (Å²) in [5.41, 5.74) is 0.908. The van der Waals surface area contributed by atoms with Gasteiger partial charge in [-0.05, 0) is 41.1 Å². The van der Waals surface area contributed by atoms with Crippen molar-refractivity contribution in [2.75, 3.05) is 18.5 Å². The molecule has 0 fully saturated rings. The number of rotatable bonds is 5. The Bertz CT molecular complexity index is 398. The van der Waals surface area contributed by atoms with E-state index in [1.807, 2.05) is 13.0 Å². The standard InChI is InChI=1S/C12H15BrClNO2/c1-3-17-12(16)8(2)7-15-11-5-4-9(14)6-10(11)13/h4-6,8,15H,3,7H2,1-2H3. The van der Waals surface area contributed by atoms with Gasteiger partial charge in [0, 0.05) is 21.7 Å². The summed E-state index contributed by atoms with van der Waals surface area (Å²) in [6.45, 7) is 4.57. The lowest BCUT2D eigenvalue weighted by molar-refractivity contribution is -0.146. The van der Waals surface area contributed by atoms with Crippen molar-refractivity contribution in [1.82, 2.24) is 0 Å². The highest BCUT2D eigenvalue weighted by Gasteiger charge is 2.13. The Morgan fingerprint density at radius 2 is 2.29 bits per heavy atom. The van der Waals surface area contributed by atoms with Crippen molar-refractivity contribution in [2.24, 2.45) is 5.92 Å². The molecule has 3 nitrogen and oxygen atoms in total. The SMILES string of the molecule is CCOC(=O)C(C)CNc1ccc(Cl)cc1Br. The van der Waals surface area contributed by atoms with E-state index in [9.17, 15) is 4.79 Å². The maximum absolute atomic E-state index is 11.4. The molecule has 0 aliphatic rings. The van der Waals surface area contributed by atoms with Gasteiger partial charge in [0.05, 0.1) is 12.5 Å². The first kappa shape index (κ1) is 14.3. The van der Waals surface area contributed by atoms with Gasteiger partial charge in [0.15, 0.2) is 0 Å². The fourth-order valence-electron chi connectivity index (χ4n) is 1.26. The zero-order valence-corrected chi connectivity index (χ0v) is 12.1. The number of ether oxygens (including phenoxy) is 1. The molecule has 0 amide bonds. The summed E-state index contributed by atoms with van der Waals surface area (Å²) in [5, 5.41) is 3.84. The van der Waals surface area contributed by atoms with Crippen LogP contribution >= 0.6 is 27.5 Å². The molecule has 1 atom stereocenters. The minimum absolute atomic E-state index is 0.183. The number of carbonyl (C=O) groups excluding carboxylic acids is 1. The van der Waals surface area contributed by atoms with Crippen molar-refractivity contribution < 1.29 is 9.53 Å². The zero-order chi connectivity index (χ0) is 12.8. The van der Waals surface area contributed by atoms with Gasteiger partial charge in [-0.2, -0.15) is 0 Å². The lowest BCUT2D eigenvalue weighted by atomic mass is 10.2. The molecule has 5 heteroatoms. The monoisotopic (exact) mass is 319 g/mol. The van der Waals surface area contributed by atoms with Crippen LogP contribution in [-0.4, -0.2) is 19.1 Å². The Labute approximate surface area is 115 Å². The van der Waals surface area contributed by atoms with Gasteiger partial charge >= 0.3 is 5.97 Å². The molecule has 0 aliphatic carbocycles. The molecule has 1 N–H and O–H groups in total. The first-order valence-electron chi connectivity index (χ1n) is 5.40. The Morgan fingerprint density at radius 1 is 1.59 bits per heavy atom. The molecule has 0 radical (unpaired) electrons. The minimum Gasteiger partial charge on any atom is -0.466 e. The fourth-order valence-corrected chi connectivity index (χ4v) is 2.09. The van der Waals surface area contributed by atoms with E-state index in [1.54, 1.807) is 19.1 Å². The number of anilines is 1. The number of esters is 1. The van der Waals surface area contributed by atoms with Crippen LogP contribution < -0.4 is 5.32 Å². The molecule has 17 heavy (non-hydrogen) atoms. The predicted molar refractivity (Wildman–Crippen MR) is 73.4 cm³/mol. The first-order chi connectivity index (χ1) is 8.04. The molecule has 0 aromatic heterocycles. The quantitative estimate of drug-likeness (QED) is 0.840. The summed E-state index contributed by atoms with van der Waals surface area (Å²) in [6.07, 6.45) is 0. The molecule has 1 rings (SSSR count). The van der Waals surface area contributed by atoms with Crippen LogP contribution in [0.2, 0.25) is 5.02 Å². The van der Waals surface area contributed by atoms with Gasteiger partial charge in [-0.1, -0.05) is 18.5 Å². The van der Waals surface area contributed by atoms with Crippen molar-refractivity contribution in [3.8, 4) is 0 Å². The molecule has 0 saturated carbocycles. The van der Waals surface area contributed by atoms with Gasteiger partial charge in [-0.15, -0.1) is 0 Å². The summed E-state index contributed by atoms with van der Waals surface area (Å²) >= 11 is 9.24. The van der Waals surface area contributed by atoms with Crippen molar-refractivity contribution >= 4 is 39.2 Å². The van der Waals surface area contributed by atoms with Crippen molar-refractivity contribution in [3.63, 3.8) is 0 Å². The van der Waals surface area contributed by atoms with Crippen molar-refractivity contribution in [1.29, 1.82) is 0 Å². The zero-order valence-electron chi connectivity index (χ0n) is 9.80. The highest BCUT2D eigenvalue weighted by Crippen LogP contribution is 2.25. The van der Waals surface area contributed by atoms with Gasteiger partial charge in [-0.3, -0.25) is 4.79 Å². The summed E-state index contributed by atoms with van der Waals surface area (Å²) in [4.78, 5) is 11.4.